The number of hydrogen-bond donors (Lipinski definition) is 1. The molecule has 27 heavy (non-hydrogen) atoms. The molecule has 0 unspecified atom stereocenters. The van der Waals surface area contributed by atoms with Crippen LogP contribution in [-0.2, 0) is 11.4 Å². The fraction of sp³-hybridized carbons (Fsp3) is 0.238. The van der Waals surface area contributed by atoms with Crippen LogP contribution in [0.15, 0.2) is 52.6 Å². The molecule has 0 radical (unpaired) electrons. The van der Waals surface area contributed by atoms with Crippen LogP contribution in [0.3, 0.4) is 0 Å². The summed E-state index contributed by atoms with van der Waals surface area (Å²) in [5.41, 5.74) is 3.23. The number of carbonyl (C=O) groups excluding carboxylic acids is 2. The van der Waals surface area contributed by atoms with Crippen LogP contribution in [0.4, 0.5) is 4.79 Å². The van der Waals surface area contributed by atoms with Crippen LogP contribution in [0, 0.1) is 6.92 Å². The second-order valence-corrected chi connectivity index (χ2v) is 7.32. The van der Waals surface area contributed by atoms with Gasteiger partial charge in [0.25, 0.3) is 5.91 Å². The number of carbonyl (C=O) groups is 2. The Bertz CT molecular complexity index is 891. The van der Waals surface area contributed by atoms with Crippen LogP contribution in [0.2, 0.25) is 0 Å². The average molecular weight is 429 g/mol. The number of halogens is 1. The molecule has 0 aromatic heterocycles. The fourth-order valence-electron chi connectivity index (χ4n) is 2.76. The maximum Gasteiger partial charge on any atom is 0.329 e. The Hall–Kier alpha value is -2.60. The van der Waals surface area contributed by atoms with E-state index in [0.717, 1.165) is 15.6 Å². The molecule has 0 saturated carbocycles. The van der Waals surface area contributed by atoms with Gasteiger partial charge in [-0.2, -0.15) is 0 Å². The summed E-state index contributed by atoms with van der Waals surface area (Å²) in [4.78, 5) is 25.6. The van der Waals surface area contributed by atoms with E-state index >= 15 is 0 Å². The van der Waals surface area contributed by atoms with Crippen LogP contribution in [0.25, 0.3) is 6.08 Å². The van der Waals surface area contributed by atoms with Gasteiger partial charge >= 0.3 is 6.03 Å². The van der Waals surface area contributed by atoms with Gasteiger partial charge in [0.05, 0.1) is 0 Å². The van der Waals surface area contributed by atoms with Crippen molar-refractivity contribution in [3.05, 3.63) is 69.3 Å². The molecular weight excluding hydrogens is 408 g/mol. The highest BCUT2D eigenvalue weighted by Crippen LogP contribution is 2.27. The van der Waals surface area contributed by atoms with E-state index in [-0.39, 0.29) is 17.6 Å². The van der Waals surface area contributed by atoms with Gasteiger partial charge in [-0.3, -0.25) is 9.69 Å². The van der Waals surface area contributed by atoms with Crippen molar-refractivity contribution in [2.75, 3.05) is 6.54 Å². The first-order valence-corrected chi connectivity index (χ1v) is 9.59. The molecule has 2 aromatic carbocycles. The molecule has 1 saturated heterocycles. The maximum atomic E-state index is 12.4. The Morgan fingerprint density at radius 3 is 2.59 bits per heavy atom. The Kier molecular flexibility index (Phi) is 5.96. The van der Waals surface area contributed by atoms with Crippen LogP contribution in [-0.4, -0.2) is 23.4 Å². The number of rotatable bonds is 6. The number of nitrogens with zero attached hydrogens (tertiary/aromatic N) is 1. The van der Waals surface area contributed by atoms with Gasteiger partial charge in [0.1, 0.15) is 18.1 Å². The average Bonchev–Trinajstić information content (AvgIpc) is 2.90. The molecule has 140 valence electrons. The minimum absolute atomic E-state index is 0.256. The molecule has 0 aliphatic carbocycles. The zero-order valence-electron chi connectivity index (χ0n) is 15.3. The third kappa shape index (κ3) is 4.57. The van der Waals surface area contributed by atoms with Crippen molar-refractivity contribution < 1.29 is 14.3 Å². The summed E-state index contributed by atoms with van der Waals surface area (Å²) >= 11 is 3.45. The second-order valence-electron chi connectivity index (χ2n) is 6.40. The lowest BCUT2D eigenvalue weighted by Crippen LogP contribution is -2.31. The van der Waals surface area contributed by atoms with E-state index in [1.165, 1.54) is 10.5 Å². The Labute approximate surface area is 167 Å². The lowest BCUT2D eigenvalue weighted by Gasteiger charge is -2.11. The first kappa shape index (κ1) is 19.2. The molecule has 1 aliphatic rings. The van der Waals surface area contributed by atoms with Gasteiger partial charge in [-0.1, -0.05) is 52.7 Å². The quantitative estimate of drug-likeness (QED) is 0.538. The molecule has 1 heterocycles. The molecule has 0 atom stereocenters. The molecule has 0 bridgehead atoms. The van der Waals surface area contributed by atoms with Gasteiger partial charge in [-0.05, 0) is 43.2 Å². The minimum Gasteiger partial charge on any atom is -0.488 e. The zero-order valence-corrected chi connectivity index (χ0v) is 16.9. The number of nitrogens with one attached hydrogen (secondary N) is 1. The minimum atomic E-state index is -0.384. The lowest BCUT2D eigenvalue weighted by molar-refractivity contribution is -0.122. The second kappa shape index (κ2) is 8.39. The van der Waals surface area contributed by atoms with E-state index in [4.69, 9.17) is 4.74 Å². The van der Waals surface area contributed by atoms with Gasteiger partial charge in [0.2, 0.25) is 0 Å². The number of imide groups is 1. The summed E-state index contributed by atoms with van der Waals surface area (Å²) in [6.45, 7) is 4.78. The number of benzene rings is 2. The molecule has 1 N–H and O–H groups in total. The first-order valence-electron chi connectivity index (χ1n) is 8.80. The van der Waals surface area contributed by atoms with Crippen molar-refractivity contribution in [3.8, 4) is 5.75 Å². The van der Waals surface area contributed by atoms with E-state index in [2.05, 4.69) is 21.2 Å². The number of hydrogen-bond acceptors (Lipinski definition) is 3. The van der Waals surface area contributed by atoms with Gasteiger partial charge in [0.15, 0.2) is 0 Å². The number of urea groups is 1. The summed E-state index contributed by atoms with van der Waals surface area (Å²) in [6, 6.07) is 13.3. The maximum absolute atomic E-state index is 12.4. The molecule has 2 aromatic rings. The standard InChI is InChI=1S/C21H21BrN2O3/c1-3-10-24-20(25)18(23-21(24)26)12-16-11-17(22)8-9-19(16)27-13-15-6-4-14(2)5-7-15/h4-9,11-12H,3,10,13H2,1-2H3,(H,23,26)/b18-12+. The third-order valence-corrected chi connectivity index (χ3v) is 4.69. The first-order chi connectivity index (χ1) is 13.0. The van der Waals surface area contributed by atoms with Crippen LogP contribution < -0.4 is 10.1 Å². The topological polar surface area (TPSA) is 58.6 Å². The SMILES string of the molecule is CCCN1C(=O)N/C(=C/c2cc(Br)ccc2OCc2ccc(C)cc2)C1=O. The number of aryl methyl sites for hydroxylation is 1. The number of ether oxygens (including phenoxy) is 1. The zero-order chi connectivity index (χ0) is 19.4. The predicted octanol–water partition coefficient (Wildman–Crippen LogP) is 4.64. The van der Waals surface area contributed by atoms with Crippen LogP contribution in [0.1, 0.15) is 30.0 Å². The van der Waals surface area contributed by atoms with E-state index < -0.39 is 0 Å². The molecule has 1 aliphatic heterocycles. The Morgan fingerprint density at radius 2 is 1.89 bits per heavy atom. The van der Waals surface area contributed by atoms with Crippen molar-refractivity contribution in [3.63, 3.8) is 0 Å². The molecule has 3 amide bonds. The highest BCUT2D eigenvalue weighted by Gasteiger charge is 2.32. The summed E-state index contributed by atoms with van der Waals surface area (Å²) in [7, 11) is 0. The van der Waals surface area contributed by atoms with Gasteiger partial charge in [-0.15, -0.1) is 0 Å². The number of amides is 3. The molecule has 0 spiro atoms. The molecule has 5 nitrogen and oxygen atoms in total. The van der Waals surface area contributed by atoms with Crippen molar-refractivity contribution in [1.82, 2.24) is 10.2 Å². The van der Waals surface area contributed by atoms with Crippen LogP contribution >= 0.6 is 15.9 Å². The summed E-state index contributed by atoms with van der Waals surface area (Å²) in [6.07, 6.45) is 2.37. The monoisotopic (exact) mass is 428 g/mol. The van der Waals surface area contributed by atoms with E-state index in [1.54, 1.807) is 6.08 Å². The predicted molar refractivity (Wildman–Crippen MR) is 108 cm³/mol. The van der Waals surface area contributed by atoms with Crippen molar-refractivity contribution in [2.24, 2.45) is 0 Å². The summed E-state index contributed by atoms with van der Waals surface area (Å²) in [5, 5.41) is 2.64. The summed E-state index contributed by atoms with van der Waals surface area (Å²) in [5.74, 6) is 0.327. The largest absolute Gasteiger partial charge is 0.488 e. The lowest BCUT2D eigenvalue weighted by atomic mass is 10.1. The third-order valence-electron chi connectivity index (χ3n) is 4.20. The fourth-order valence-corrected chi connectivity index (χ4v) is 3.14. The van der Waals surface area contributed by atoms with Gasteiger partial charge in [0, 0.05) is 16.6 Å². The van der Waals surface area contributed by atoms with E-state index in [0.29, 0.717) is 25.3 Å². The van der Waals surface area contributed by atoms with E-state index in [1.807, 2.05) is 56.3 Å². The van der Waals surface area contributed by atoms with Crippen molar-refractivity contribution in [1.29, 1.82) is 0 Å². The normalized spacial score (nSPS) is 15.4. The molecular formula is C21H21BrN2O3. The Morgan fingerprint density at radius 1 is 1.15 bits per heavy atom. The van der Waals surface area contributed by atoms with Crippen LogP contribution in [0.5, 0.6) is 5.75 Å². The van der Waals surface area contributed by atoms with Gasteiger partial charge in [-0.25, -0.2) is 4.79 Å². The molecule has 1 fully saturated rings. The molecule has 6 heteroatoms. The summed E-state index contributed by atoms with van der Waals surface area (Å²) < 4.78 is 6.82. The Balaban J connectivity index is 1.83. The van der Waals surface area contributed by atoms with E-state index in [9.17, 15) is 9.59 Å². The van der Waals surface area contributed by atoms with Crippen molar-refractivity contribution >= 4 is 33.9 Å². The highest BCUT2D eigenvalue weighted by atomic mass is 79.9. The smallest absolute Gasteiger partial charge is 0.329 e. The van der Waals surface area contributed by atoms with Gasteiger partial charge < -0.3 is 10.1 Å². The molecule has 3 rings (SSSR count). The van der Waals surface area contributed by atoms with Crippen molar-refractivity contribution in [2.45, 2.75) is 26.9 Å². The highest BCUT2D eigenvalue weighted by molar-refractivity contribution is 9.10.